The average molecular weight is 301 g/mol. The Bertz CT molecular complexity index is 424. The van der Waals surface area contributed by atoms with E-state index in [1.807, 2.05) is 40.1 Å². The van der Waals surface area contributed by atoms with Crippen molar-refractivity contribution in [3.8, 4) is 5.75 Å². The van der Waals surface area contributed by atoms with Gasteiger partial charge in [0.15, 0.2) is 0 Å². The lowest BCUT2D eigenvalue weighted by atomic mass is 10.1. The Balaban J connectivity index is 0.00000361. The van der Waals surface area contributed by atoms with Crippen LogP contribution in [0, 0.1) is 13.8 Å². The molecule has 0 unspecified atom stereocenters. The van der Waals surface area contributed by atoms with Gasteiger partial charge in [-0.2, -0.15) is 0 Å². The van der Waals surface area contributed by atoms with E-state index < -0.39 is 0 Å². The first kappa shape index (κ1) is 18.7. The quantitative estimate of drug-likeness (QED) is 0.839. The van der Waals surface area contributed by atoms with Gasteiger partial charge in [-0.3, -0.25) is 4.79 Å². The molecule has 0 radical (unpaired) electrons. The van der Waals surface area contributed by atoms with Crippen molar-refractivity contribution in [2.45, 2.75) is 20.3 Å². The zero-order valence-corrected chi connectivity index (χ0v) is 13.5. The van der Waals surface area contributed by atoms with Crippen LogP contribution in [0.5, 0.6) is 5.75 Å². The lowest BCUT2D eigenvalue weighted by Crippen LogP contribution is -2.33. The van der Waals surface area contributed by atoms with Crippen molar-refractivity contribution in [3.05, 3.63) is 29.3 Å². The highest BCUT2D eigenvalue weighted by Crippen LogP contribution is 2.19. The highest BCUT2D eigenvalue weighted by Gasteiger charge is 2.08. The Kier molecular flexibility index (Phi) is 9.01. The third-order valence-electron chi connectivity index (χ3n) is 3.04. The van der Waals surface area contributed by atoms with Crippen LogP contribution >= 0.6 is 12.4 Å². The third-order valence-corrected chi connectivity index (χ3v) is 3.04. The van der Waals surface area contributed by atoms with Gasteiger partial charge in [-0.05, 0) is 38.1 Å². The molecule has 114 valence electrons. The van der Waals surface area contributed by atoms with Gasteiger partial charge >= 0.3 is 0 Å². The Morgan fingerprint density at radius 3 is 2.70 bits per heavy atom. The molecule has 0 saturated heterocycles. The van der Waals surface area contributed by atoms with Crippen LogP contribution in [0.1, 0.15) is 17.5 Å². The van der Waals surface area contributed by atoms with Crippen molar-refractivity contribution in [2.24, 2.45) is 0 Å². The fourth-order valence-corrected chi connectivity index (χ4v) is 1.71. The molecule has 0 aromatic heterocycles. The minimum absolute atomic E-state index is 0. The standard InChI is InChI=1S/C15H24N2O2.ClH/c1-12-5-6-13(2)14(11-12)19-10-7-15(18)17(4)9-8-16-3;/h5-6,11,16H,7-10H2,1-4H3;1H. The normalized spacial score (nSPS) is 9.80. The molecule has 0 atom stereocenters. The number of amides is 1. The predicted octanol–water partition coefficient (Wildman–Crippen LogP) is 2.17. The van der Waals surface area contributed by atoms with Crippen molar-refractivity contribution in [3.63, 3.8) is 0 Å². The van der Waals surface area contributed by atoms with Crippen molar-refractivity contribution >= 4 is 18.3 Å². The van der Waals surface area contributed by atoms with Gasteiger partial charge < -0.3 is 15.0 Å². The molecule has 20 heavy (non-hydrogen) atoms. The molecule has 1 amide bonds. The summed E-state index contributed by atoms with van der Waals surface area (Å²) < 4.78 is 5.68. The SMILES string of the molecule is CNCCN(C)C(=O)CCOc1cc(C)ccc1C.Cl. The topological polar surface area (TPSA) is 41.6 Å². The molecule has 5 heteroatoms. The molecule has 1 N–H and O–H groups in total. The van der Waals surface area contributed by atoms with Crippen molar-refractivity contribution in [2.75, 3.05) is 33.8 Å². The zero-order chi connectivity index (χ0) is 14.3. The largest absolute Gasteiger partial charge is 0.493 e. The van der Waals surface area contributed by atoms with Crippen LogP contribution in [0.15, 0.2) is 18.2 Å². The van der Waals surface area contributed by atoms with Gasteiger partial charge in [0.1, 0.15) is 5.75 Å². The zero-order valence-electron chi connectivity index (χ0n) is 12.7. The number of hydrogen-bond donors (Lipinski definition) is 1. The first-order valence-corrected chi connectivity index (χ1v) is 6.63. The maximum Gasteiger partial charge on any atom is 0.225 e. The van der Waals surface area contributed by atoms with E-state index in [2.05, 4.69) is 11.4 Å². The van der Waals surface area contributed by atoms with Gasteiger partial charge in [0.05, 0.1) is 13.0 Å². The fourth-order valence-electron chi connectivity index (χ4n) is 1.71. The number of halogens is 1. The van der Waals surface area contributed by atoms with Gasteiger partial charge in [0, 0.05) is 20.1 Å². The molecule has 0 saturated carbocycles. The van der Waals surface area contributed by atoms with E-state index in [0.717, 1.165) is 30.0 Å². The fraction of sp³-hybridized carbons (Fsp3) is 0.533. The average Bonchev–Trinajstić information content (AvgIpc) is 2.39. The van der Waals surface area contributed by atoms with Gasteiger partial charge in [-0.25, -0.2) is 0 Å². The number of nitrogens with one attached hydrogen (secondary N) is 1. The number of carbonyl (C=O) groups excluding carboxylic acids is 1. The summed E-state index contributed by atoms with van der Waals surface area (Å²) in [6.45, 7) is 5.99. The number of benzene rings is 1. The van der Waals surface area contributed by atoms with Gasteiger partial charge in [-0.1, -0.05) is 12.1 Å². The van der Waals surface area contributed by atoms with Gasteiger partial charge in [0.25, 0.3) is 0 Å². The molecule has 0 fully saturated rings. The molecule has 0 aliphatic rings. The summed E-state index contributed by atoms with van der Waals surface area (Å²) in [6, 6.07) is 6.09. The Morgan fingerprint density at radius 2 is 2.05 bits per heavy atom. The molecule has 0 spiro atoms. The van der Waals surface area contributed by atoms with Crippen LogP contribution in [-0.4, -0.2) is 44.6 Å². The lowest BCUT2D eigenvalue weighted by molar-refractivity contribution is -0.130. The minimum Gasteiger partial charge on any atom is -0.493 e. The second-order valence-electron chi connectivity index (χ2n) is 4.79. The molecule has 1 aromatic rings. The Morgan fingerprint density at radius 1 is 1.35 bits per heavy atom. The number of hydrogen-bond acceptors (Lipinski definition) is 3. The third kappa shape index (κ3) is 6.26. The van der Waals surface area contributed by atoms with Crippen LogP contribution < -0.4 is 10.1 Å². The Labute approximate surface area is 127 Å². The maximum atomic E-state index is 11.8. The summed E-state index contributed by atoms with van der Waals surface area (Å²) in [5.41, 5.74) is 2.26. The second kappa shape index (κ2) is 9.61. The van der Waals surface area contributed by atoms with Crippen LogP contribution in [0.25, 0.3) is 0 Å². The number of rotatable bonds is 7. The summed E-state index contributed by atoms with van der Waals surface area (Å²) in [5, 5.41) is 3.02. The van der Waals surface area contributed by atoms with Crippen LogP contribution in [0.2, 0.25) is 0 Å². The molecule has 4 nitrogen and oxygen atoms in total. The molecule has 1 rings (SSSR count). The number of carbonyl (C=O) groups is 1. The van der Waals surface area contributed by atoms with Gasteiger partial charge in [0.2, 0.25) is 5.91 Å². The highest BCUT2D eigenvalue weighted by atomic mass is 35.5. The van der Waals surface area contributed by atoms with E-state index in [-0.39, 0.29) is 18.3 Å². The Hall–Kier alpha value is -1.26. The molecule has 0 aliphatic carbocycles. The van der Waals surface area contributed by atoms with E-state index in [4.69, 9.17) is 4.74 Å². The van der Waals surface area contributed by atoms with Crippen molar-refractivity contribution in [1.29, 1.82) is 0 Å². The van der Waals surface area contributed by atoms with Crippen LogP contribution in [-0.2, 0) is 4.79 Å². The molecule has 0 heterocycles. The second-order valence-corrected chi connectivity index (χ2v) is 4.79. The minimum atomic E-state index is 0. The number of likely N-dealkylation sites (N-methyl/N-ethyl adjacent to an activating group) is 2. The molecule has 0 aliphatic heterocycles. The monoisotopic (exact) mass is 300 g/mol. The van der Waals surface area contributed by atoms with Crippen molar-refractivity contribution in [1.82, 2.24) is 10.2 Å². The lowest BCUT2D eigenvalue weighted by Gasteiger charge is -2.17. The first-order valence-electron chi connectivity index (χ1n) is 6.63. The van der Waals surface area contributed by atoms with E-state index in [0.29, 0.717) is 13.0 Å². The summed E-state index contributed by atoms with van der Waals surface area (Å²) >= 11 is 0. The molecule has 0 bridgehead atoms. The summed E-state index contributed by atoms with van der Waals surface area (Å²) in [4.78, 5) is 13.5. The van der Waals surface area contributed by atoms with E-state index in [1.165, 1.54) is 0 Å². The van der Waals surface area contributed by atoms with E-state index >= 15 is 0 Å². The number of nitrogens with zero attached hydrogens (tertiary/aromatic N) is 1. The number of ether oxygens (including phenoxy) is 1. The molecular weight excluding hydrogens is 276 g/mol. The van der Waals surface area contributed by atoms with Gasteiger partial charge in [-0.15, -0.1) is 12.4 Å². The van der Waals surface area contributed by atoms with Crippen LogP contribution in [0.3, 0.4) is 0 Å². The molecule has 1 aromatic carbocycles. The maximum absolute atomic E-state index is 11.8. The number of aryl methyl sites for hydroxylation is 2. The first-order chi connectivity index (χ1) is 9.04. The van der Waals surface area contributed by atoms with Crippen LogP contribution in [0.4, 0.5) is 0 Å². The summed E-state index contributed by atoms with van der Waals surface area (Å²) in [7, 11) is 3.69. The summed E-state index contributed by atoms with van der Waals surface area (Å²) in [6.07, 6.45) is 0.410. The van der Waals surface area contributed by atoms with E-state index in [1.54, 1.807) is 4.90 Å². The highest BCUT2D eigenvalue weighted by molar-refractivity contribution is 5.85. The molecular formula is C15H25ClN2O2. The van der Waals surface area contributed by atoms with Crippen molar-refractivity contribution < 1.29 is 9.53 Å². The summed E-state index contributed by atoms with van der Waals surface area (Å²) in [5.74, 6) is 0.978. The predicted molar refractivity (Wildman–Crippen MR) is 84.8 cm³/mol. The van der Waals surface area contributed by atoms with E-state index in [9.17, 15) is 4.79 Å². The smallest absolute Gasteiger partial charge is 0.225 e.